The molecule has 1 aromatic heterocycles. The summed E-state index contributed by atoms with van der Waals surface area (Å²) in [6.07, 6.45) is 1.69. The third kappa shape index (κ3) is 3.64. The van der Waals surface area contributed by atoms with Gasteiger partial charge in [0.25, 0.3) is 5.56 Å². The molecule has 0 bridgehead atoms. The van der Waals surface area contributed by atoms with Gasteiger partial charge >= 0.3 is 5.97 Å². The summed E-state index contributed by atoms with van der Waals surface area (Å²) in [6.45, 7) is 3.88. The van der Waals surface area contributed by atoms with Gasteiger partial charge in [-0.15, -0.1) is 0 Å². The lowest BCUT2D eigenvalue weighted by atomic mass is 9.95. The number of aromatic nitrogens is 1. The molecule has 184 valence electrons. The highest BCUT2D eigenvalue weighted by molar-refractivity contribution is 7.07. The molecule has 0 spiro atoms. The number of hydrogen-bond acceptors (Lipinski definition) is 9. The second-order valence-electron chi connectivity index (χ2n) is 8.14. The zero-order valence-corrected chi connectivity index (χ0v) is 20.8. The number of ether oxygens (including phenoxy) is 5. The molecule has 4 heterocycles. The van der Waals surface area contributed by atoms with E-state index in [0.717, 1.165) is 0 Å². The van der Waals surface area contributed by atoms with Crippen LogP contribution in [0.5, 0.6) is 23.0 Å². The van der Waals surface area contributed by atoms with E-state index in [2.05, 4.69) is 4.99 Å². The molecule has 0 radical (unpaired) electrons. The Morgan fingerprint density at radius 3 is 2.58 bits per heavy atom. The van der Waals surface area contributed by atoms with Crippen molar-refractivity contribution in [2.75, 3.05) is 20.2 Å². The second-order valence-corrected chi connectivity index (χ2v) is 9.56. The zero-order valence-electron chi connectivity index (χ0n) is 19.2. The van der Waals surface area contributed by atoms with Crippen LogP contribution in [0.15, 0.2) is 51.4 Å². The van der Waals surface area contributed by atoms with Crippen molar-refractivity contribution in [1.29, 1.82) is 0 Å². The smallest absolute Gasteiger partial charge is 0.338 e. The highest BCUT2D eigenvalue weighted by atomic mass is 35.5. The van der Waals surface area contributed by atoms with Crippen LogP contribution in [-0.2, 0) is 9.53 Å². The quantitative estimate of drug-likeness (QED) is 0.482. The number of allylic oxidation sites excluding steroid dienone is 1. The maximum atomic E-state index is 13.8. The largest absolute Gasteiger partial charge is 0.463 e. The van der Waals surface area contributed by atoms with Crippen molar-refractivity contribution in [3.05, 3.63) is 77.4 Å². The summed E-state index contributed by atoms with van der Waals surface area (Å²) in [6, 6.07) is 7.97. The third-order valence-electron chi connectivity index (χ3n) is 6.01. The Morgan fingerprint density at radius 1 is 1.14 bits per heavy atom. The van der Waals surface area contributed by atoms with Crippen LogP contribution >= 0.6 is 22.9 Å². The topological polar surface area (TPSA) is 97.6 Å². The molecule has 0 N–H and O–H groups in total. The van der Waals surface area contributed by atoms with Crippen molar-refractivity contribution in [3.8, 4) is 23.0 Å². The van der Waals surface area contributed by atoms with Gasteiger partial charge in [-0.05, 0) is 49.2 Å². The molecule has 2 aromatic carbocycles. The molecule has 0 aliphatic carbocycles. The molecule has 3 aliphatic rings. The van der Waals surface area contributed by atoms with E-state index < -0.39 is 12.0 Å². The van der Waals surface area contributed by atoms with Crippen LogP contribution in [0.2, 0.25) is 5.02 Å². The van der Waals surface area contributed by atoms with Gasteiger partial charge in [0.05, 0.1) is 33.5 Å². The molecule has 9 nitrogen and oxygen atoms in total. The van der Waals surface area contributed by atoms with E-state index in [-0.39, 0.29) is 31.3 Å². The molecule has 0 saturated carbocycles. The minimum absolute atomic E-state index is 0.109. The number of carbonyl (C=O) groups is 1. The van der Waals surface area contributed by atoms with Gasteiger partial charge in [0, 0.05) is 6.07 Å². The van der Waals surface area contributed by atoms with Crippen molar-refractivity contribution in [3.63, 3.8) is 0 Å². The van der Waals surface area contributed by atoms with E-state index in [4.69, 9.17) is 35.3 Å². The molecule has 0 saturated heterocycles. The Kier molecular flexibility index (Phi) is 5.50. The predicted molar refractivity (Wildman–Crippen MR) is 131 cm³/mol. The number of esters is 1. The highest BCUT2D eigenvalue weighted by Gasteiger charge is 2.34. The third-order valence-corrected chi connectivity index (χ3v) is 7.32. The van der Waals surface area contributed by atoms with Gasteiger partial charge in [0.1, 0.15) is 0 Å². The normalized spacial score (nSPS) is 17.8. The first kappa shape index (κ1) is 22.7. The lowest BCUT2D eigenvalue weighted by Crippen LogP contribution is -2.39. The lowest BCUT2D eigenvalue weighted by Gasteiger charge is -2.24. The first-order valence-electron chi connectivity index (χ1n) is 11.1. The Morgan fingerprint density at radius 2 is 1.83 bits per heavy atom. The van der Waals surface area contributed by atoms with E-state index >= 15 is 0 Å². The maximum Gasteiger partial charge on any atom is 0.338 e. The molecular weight excluding hydrogens is 508 g/mol. The minimum atomic E-state index is -0.760. The van der Waals surface area contributed by atoms with Gasteiger partial charge < -0.3 is 23.7 Å². The van der Waals surface area contributed by atoms with Crippen LogP contribution in [0.1, 0.15) is 31.0 Å². The van der Waals surface area contributed by atoms with Gasteiger partial charge in [-0.1, -0.05) is 29.0 Å². The molecule has 0 amide bonds. The Labute approximate surface area is 213 Å². The van der Waals surface area contributed by atoms with Crippen LogP contribution in [-0.4, -0.2) is 30.7 Å². The summed E-state index contributed by atoms with van der Waals surface area (Å²) in [5.41, 5.74) is 1.72. The standard InChI is InChI=1S/C25H19ClN2O7S/c1-3-31-24(30)21-12(2)27-25-28(22(21)13-4-5-16-17(6-13)33-10-32-16)23(29)20(36-25)8-14-7-18-19(9-15(14)26)35-11-34-18/h4-9,22H,3,10-11H2,1-2H3/b20-8-. The fourth-order valence-electron chi connectivity index (χ4n) is 4.37. The van der Waals surface area contributed by atoms with Crippen LogP contribution in [0, 0.1) is 0 Å². The number of rotatable bonds is 4. The van der Waals surface area contributed by atoms with Crippen molar-refractivity contribution >= 4 is 35.0 Å². The van der Waals surface area contributed by atoms with Crippen LogP contribution in [0.4, 0.5) is 0 Å². The number of nitrogens with zero attached hydrogens (tertiary/aromatic N) is 2. The van der Waals surface area contributed by atoms with E-state index in [1.807, 2.05) is 6.07 Å². The molecule has 1 unspecified atom stereocenters. The Bertz CT molecular complexity index is 1640. The van der Waals surface area contributed by atoms with Gasteiger partial charge in [-0.25, -0.2) is 9.79 Å². The number of fused-ring (bicyclic) bond motifs is 3. The van der Waals surface area contributed by atoms with Crippen LogP contribution in [0.3, 0.4) is 0 Å². The zero-order chi connectivity index (χ0) is 25.0. The van der Waals surface area contributed by atoms with E-state index in [1.165, 1.54) is 15.9 Å². The van der Waals surface area contributed by atoms with Crippen molar-refractivity contribution in [2.24, 2.45) is 4.99 Å². The molecular formula is C25H19ClN2O7S. The Hall–Kier alpha value is -3.76. The number of benzene rings is 2. The summed E-state index contributed by atoms with van der Waals surface area (Å²) in [5, 5.41) is 0.417. The average Bonchev–Trinajstić information content (AvgIpc) is 3.57. The molecule has 6 rings (SSSR count). The molecule has 3 aliphatic heterocycles. The Balaban J connectivity index is 1.54. The maximum absolute atomic E-state index is 13.8. The fraction of sp³-hybridized carbons (Fsp3) is 0.240. The molecule has 3 aromatic rings. The summed E-state index contributed by atoms with van der Waals surface area (Å²) in [7, 11) is 0. The number of carbonyl (C=O) groups excluding carboxylic acids is 1. The number of halogens is 1. The summed E-state index contributed by atoms with van der Waals surface area (Å²) in [4.78, 5) is 31.8. The summed E-state index contributed by atoms with van der Waals surface area (Å²) in [5.74, 6) is 1.71. The molecule has 11 heteroatoms. The van der Waals surface area contributed by atoms with Gasteiger partial charge in [0.2, 0.25) is 13.6 Å². The van der Waals surface area contributed by atoms with E-state index in [1.54, 1.807) is 44.2 Å². The summed E-state index contributed by atoms with van der Waals surface area (Å²) >= 11 is 7.66. The summed E-state index contributed by atoms with van der Waals surface area (Å²) < 4.78 is 29.0. The SMILES string of the molecule is CCOC(=O)C1=C(C)N=c2s/c(=C\c3cc4c(cc3Cl)OCO4)c(=O)n2C1c1ccc2c(c1)OCO2. The first-order chi connectivity index (χ1) is 17.4. The fourth-order valence-corrected chi connectivity index (χ4v) is 5.62. The van der Waals surface area contributed by atoms with Gasteiger partial charge in [0.15, 0.2) is 27.8 Å². The minimum Gasteiger partial charge on any atom is -0.463 e. The number of hydrogen-bond donors (Lipinski definition) is 0. The van der Waals surface area contributed by atoms with Gasteiger partial charge in [-0.2, -0.15) is 0 Å². The lowest BCUT2D eigenvalue weighted by molar-refractivity contribution is -0.139. The highest BCUT2D eigenvalue weighted by Crippen LogP contribution is 2.39. The number of thiazole rings is 1. The van der Waals surface area contributed by atoms with Gasteiger partial charge in [-0.3, -0.25) is 9.36 Å². The predicted octanol–water partition coefficient (Wildman–Crippen LogP) is 2.91. The average molecular weight is 527 g/mol. The van der Waals surface area contributed by atoms with E-state index in [9.17, 15) is 9.59 Å². The monoisotopic (exact) mass is 526 g/mol. The van der Waals surface area contributed by atoms with Crippen molar-refractivity contribution in [1.82, 2.24) is 4.57 Å². The van der Waals surface area contributed by atoms with Crippen molar-refractivity contribution in [2.45, 2.75) is 19.9 Å². The first-order valence-corrected chi connectivity index (χ1v) is 12.3. The second kappa shape index (κ2) is 8.72. The van der Waals surface area contributed by atoms with Crippen molar-refractivity contribution < 1.29 is 28.5 Å². The molecule has 1 atom stereocenters. The molecule has 36 heavy (non-hydrogen) atoms. The van der Waals surface area contributed by atoms with Crippen LogP contribution in [0.25, 0.3) is 6.08 Å². The van der Waals surface area contributed by atoms with Crippen LogP contribution < -0.4 is 33.8 Å². The van der Waals surface area contributed by atoms with E-state index in [0.29, 0.717) is 54.2 Å². The molecule has 0 fully saturated rings.